The third-order valence-electron chi connectivity index (χ3n) is 5.01. The highest BCUT2D eigenvalue weighted by molar-refractivity contribution is 5.82. The van der Waals surface area contributed by atoms with Gasteiger partial charge in [-0.15, -0.1) is 10.2 Å². The van der Waals surface area contributed by atoms with Gasteiger partial charge >= 0.3 is 0 Å². The van der Waals surface area contributed by atoms with Gasteiger partial charge in [-0.3, -0.25) is 4.90 Å². The number of H-pyrrole nitrogens is 1. The van der Waals surface area contributed by atoms with Crippen LogP contribution in [0.4, 0.5) is 0 Å². The lowest BCUT2D eigenvalue weighted by Gasteiger charge is -2.39. The van der Waals surface area contributed by atoms with E-state index in [1.54, 1.807) is 6.33 Å². The van der Waals surface area contributed by atoms with Crippen molar-refractivity contribution in [3.63, 3.8) is 0 Å². The van der Waals surface area contributed by atoms with Crippen LogP contribution in [0.5, 0.6) is 0 Å². The average molecular weight is 325 g/mol. The molecule has 1 atom stereocenters. The van der Waals surface area contributed by atoms with Gasteiger partial charge in [0.1, 0.15) is 12.2 Å². The number of likely N-dealkylation sites (tertiary alicyclic amines) is 1. The highest BCUT2D eigenvalue weighted by Crippen LogP contribution is 2.27. The van der Waals surface area contributed by atoms with E-state index in [-0.39, 0.29) is 0 Å². The van der Waals surface area contributed by atoms with E-state index in [9.17, 15) is 5.11 Å². The Bertz CT molecular complexity index is 839. The molecule has 1 aromatic carbocycles. The number of fused-ring (bicyclic) bond motifs is 1. The standard InChI is InChI=1S/C18H23N5O/c1-22-13-20-21-17(22)10-18(24)7-3-9-23(12-18)11-14-4-2-5-16-15(14)6-8-19-16/h2,4-6,8,13,19,24H,3,7,9-12H2,1H3. The minimum atomic E-state index is -0.731. The number of hydrogen-bond donors (Lipinski definition) is 2. The molecule has 0 bridgehead atoms. The van der Waals surface area contributed by atoms with Crippen LogP contribution < -0.4 is 0 Å². The van der Waals surface area contributed by atoms with Crippen molar-refractivity contribution in [2.24, 2.45) is 7.05 Å². The zero-order chi connectivity index (χ0) is 16.6. The third kappa shape index (κ3) is 2.95. The molecule has 1 fully saturated rings. The van der Waals surface area contributed by atoms with Gasteiger partial charge in [0.15, 0.2) is 0 Å². The Hall–Kier alpha value is -2.18. The Morgan fingerprint density at radius 1 is 1.33 bits per heavy atom. The van der Waals surface area contributed by atoms with E-state index in [1.165, 1.54) is 16.5 Å². The van der Waals surface area contributed by atoms with Crippen LogP contribution >= 0.6 is 0 Å². The monoisotopic (exact) mass is 325 g/mol. The Morgan fingerprint density at radius 2 is 2.25 bits per heavy atom. The first-order chi connectivity index (χ1) is 11.6. The van der Waals surface area contributed by atoms with Crippen LogP contribution in [0.25, 0.3) is 10.9 Å². The number of aryl methyl sites for hydroxylation is 1. The van der Waals surface area contributed by atoms with E-state index < -0.39 is 5.60 Å². The molecule has 2 aromatic heterocycles. The van der Waals surface area contributed by atoms with Gasteiger partial charge in [0.2, 0.25) is 0 Å². The molecule has 2 N–H and O–H groups in total. The highest BCUT2D eigenvalue weighted by atomic mass is 16.3. The number of piperidine rings is 1. The number of aromatic nitrogens is 4. The number of β-amino-alcohol motifs (C(OH)–C–C–N with tert-alkyl or cyclic N) is 1. The summed E-state index contributed by atoms with van der Waals surface area (Å²) in [4.78, 5) is 5.61. The summed E-state index contributed by atoms with van der Waals surface area (Å²) in [5.41, 5.74) is 1.74. The Labute approximate surface area is 141 Å². The fourth-order valence-corrected chi connectivity index (χ4v) is 3.78. The molecule has 6 heteroatoms. The SMILES string of the molecule is Cn1cnnc1CC1(O)CCCN(Cc2cccc3[nH]ccc23)C1. The molecule has 0 spiro atoms. The van der Waals surface area contributed by atoms with E-state index in [1.807, 2.05) is 17.8 Å². The molecule has 24 heavy (non-hydrogen) atoms. The lowest BCUT2D eigenvalue weighted by molar-refractivity contribution is -0.0343. The summed E-state index contributed by atoms with van der Waals surface area (Å²) in [5, 5.41) is 20.4. The van der Waals surface area contributed by atoms with Crippen LogP contribution in [0.15, 0.2) is 36.8 Å². The topological polar surface area (TPSA) is 70.0 Å². The first-order valence-electron chi connectivity index (χ1n) is 8.46. The molecule has 3 heterocycles. The second kappa shape index (κ2) is 6.03. The summed E-state index contributed by atoms with van der Waals surface area (Å²) >= 11 is 0. The van der Waals surface area contributed by atoms with E-state index in [2.05, 4.69) is 44.3 Å². The van der Waals surface area contributed by atoms with Crippen molar-refractivity contribution in [2.75, 3.05) is 13.1 Å². The fourth-order valence-electron chi connectivity index (χ4n) is 3.78. The van der Waals surface area contributed by atoms with E-state index in [0.29, 0.717) is 13.0 Å². The zero-order valence-corrected chi connectivity index (χ0v) is 13.9. The first-order valence-corrected chi connectivity index (χ1v) is 8.46. The van der Waals surface area contributed by atoms with E-state index >= 15 is 0 Å². The van der Waals surface area contributed by atoms with Crippen molar-refractivity contribution < 1.29 is 5.11 Å². The molecule has 0 saturated carbocycles. The number of aromatic amines is 1. The summed E-state index contributed by atoms with van der Waals surface area (Å²) in [5.74, 6) is 0.840. The summed E-state index contributed by atoms with van der Waals surface area (Å²) in [6, 6.07) is 8.48. The van der Waals surface area contributed by atoms with E-state index in [0.717, 1.165) is 31.8 Å². The minimum Gasteiger partial charge on any atom is -0.388 e. The average Bonchev–Trinajstić information content (AvgIpc) is 3.17. The lowest BCUT2D eigenvalue weighted by Crippen LogP contribution is -2.49. The number of nitrogens with one attached hydrogen (secondary N) is 1. The maximum Gasteiger partial charge on any atom is 0.135 e. The predicted molar refractivity (Wildman–Crippen MR) is 92.5 cm³/mol. The van der Waals surface area contributed by atoms with Crippen LogP contribution in [0.2, 0.25) is 0 Å². The van der Waals surface area contributed by atoms with Gasteiger partial charge in [-0.25, -0.2) is 0 Å². The first kappa shape index (κ1) is 15.4. The maximum atomic E-state index is 11.1. The smallest absolute Gasteiger partial charge is 0.135 e. The summed E-state index contributed by atoms with van der Waals surface area (Å²) in [6.45, 7) is 2.54. The van der Waals surface area contributed by atoms with Gasteiger partial charge in [-0.1, -0.05) is 12.1 Å². The minimum absolute atomic E-state index is 0.550. The molecule has 4 rings (SSSR count). The van der Waals surface area contributed by atoms with Crippen molar-refractivity contribution in [3.8, 4) is 0 Å². The molecular weight excluding hydrogens is 302 g/mol. The Balaban J connectivity index is 1.50. The number of aliphatic hydroxyl groups is 1. The molecule has 1 aliphatic heterocycles. The second-order valence-corrected chi connectivity index (χ2v) is 6.93. The Kier molecular flexibility index (Phi) is 3.86. The quantitative estimate of drug-likeness (QED) is 0.768. The van der Waals surface area contributed by atoms with Gasteiger partial charge in [0.05, 0.1) is 5.60 Å². The Morgan fingerprint density at radius 3 is 3.08 bits per heavy atom. The molecule has 1 unspecified atom stereocenters. The second-order valence-electron chi connectivity index (χ2n) is 6.93. The molecular formula is C18H23N5O. The molecule has 1 aliphatic rings. The highest BCUT2D eigenvalue weighted by Gasteiger charge is 2.34. The van der Waals surface area contributed by atoms with Crippen LogP contribution in [-0.2, 0) is 20.0 Å². The molecule has 1 saturated heterocycles. The normalized spacial score (nSPS) is 22.2. The number of hydrogen-bond acceptors (Lipinski definition) is 4. The summed E-state index contributed by atoms with van der Waals surface area (Å²) in [6.07, 6.45) is 6.03. The zero-order valence-electron chi connectivity index (χ0n) is 13.9. The number of nitrogens with zero attached hydrogens (tertiary/aromatic N) is 4. The predicted octanol–water partition coefficient (Wildman–Crippen LogP) is 1.87. The van der Waals surface area contributed by atoms with Crippen LogP contribution in [0, 0.1) is 0 Å². The molecule has 126 valence electrons. The van der Waals surface area contributed by atoms with Gasteiger partial charge < -0.3 is 14.7 Å². The van der Waals surface area contributed by atoms with Crippen LogP contribution in [-0.4, -0.2) is 48.4 Å². The third-order valence-corrected chi connectivity index (χ3v) is 5.01. The van der Waals surface area contributed by atoms with Crippen molar-refractivity contribution in [1.29, 1.82) is 0 Å². The van der Waals surface area contributed by atoms with Crippen molar-refractivity contribution in [3.05, 3.63) is 48.2 Å². The maximum absolute atomic E-state index is 11.1. The lowest BCUT2D eigenvalue weighted by atomic mass is 9.89. The fraction of sp³-hybridized carbons (Fsp3) is 0.444. The van der Waals surface area contributed by atoms with Gasteiger partial charge in [-0.05, 0) is 37.1 Å². The molecule has 0 amide bonds. The molecule has 3 aromatic rings. The number of benzene rings is 1. The molecule has 6 nitrogen and oxygen atoms in total. The molecule has 0 radical (unpaired) electrons. The largest absolute Gasteiger partial charge is 0.388 e. The van der Waals surface area contributed by atoms with Crippen molar-refractivity contribution >= 4 is 10.9 Å². The summed E-state index contributed by atoms with van der Waals surface area (Å²) in [7, 11) is 1.92. The van der Waals surface area contributed by atoms with E-state index in [4.69, 9.17) is 0 Å². The van der Waals surface area contributed by atoms with Gasteiger partial charge in [-0.2, -0.15) is 0 Å². The summed E-state index contributed by atoms with van der Waals surface area (Å²) < 4.78 is 1.89. The van der Waals surface area contributed by atoms with Crippen molar-refractivity contribution in [2.45, 2.75) is 31.4 Å². The van der Waals surface area contributed by atoms with Crippen LogP contribution in [0.3, 0.4) is 0 Å². The number of rotatable bonds is 4. The van der Waals surface area contributed by atoms with Crippen LogP contribution in [0.1, 0.15) is 24.2 Å². The van der Waals surface area contributed by atoms with Crippen molar-refractivity contribution in [1.82, 2.24) is 24.6 Å². The van der Waals surface area contributed by atoms with Gasteiger partial charge in [0, 0.05) is 43.7 Å². The van der Waals surface area contributed by atoms with Gasteiger partial charge in [0.25, 0.3) is 0 Å². The molecule has 0 aliphatic carbocycles.